The highest BCUT2D eigenvalue weighted by atomic mass is 79.9. The summed E-state index contributed by atoms with van der Waals surface area (Å²) in [5.74, 6) is -0.102. The molecule has 0 spiro atoms. The van der Waals surface area contributed by atoms with Gasteiger partial charge < -0.3 is 5.32 Å². The van der Waals surface area contributed by atoms with Gasteiger partial charge in [-0.1, -0.05) is 51.8 Å². The zero-order chi connectivity index (χ0) is 21.8. The normalized spacial score (nSPS) is 12.6. The van der Waals surface area contributed by atoms with Crippen LogP contribution >= 0.6 is 27.5 Å². The minimum absolute atomic E-state index is 0.174. The number of rotatable bonds is 6. The van der Waals surface area contributed by atoms with Crippen molar-refractivity contribution < 1.29 is 9.59 Å². The number of fused-ring (bicyclic) bond motifs is 2. The number of nitrogens with zero attached hydrogens (tertiary/aromatic N) is 2. The fourth-order valence-electron chi connectivity index (χ4n) is 3.62. The second kappa shape index (κ2) is 9.62. The van der Waals surface area contributed by atoms with E-state index >= 15 is 0 Å². The van der Waals surface area contributed by atoms with Gasteiger partial charge in [-0.3, -0.25) is 14.5 Å². The maximum atomic E-state index is 13.4. The van der Waals surface area contributed by atoms with Crippen LogP contribution < -0.4 is 10.2 Å². The summed E-state index contributed by atoms with van der Waals surface area (Å²) < 4.78 is 0. The summed E-state index contributed by atoms with van der Waals surface area (Å²) in [7, 11) is 0. The lowest BCUT2D eigenvalue weighted by Crippen LogP contribution is -2.29. The van der Waals surface area contributed by atoms with Crippen LogP contribution in [0.15, 0.2) is 60.8 Å². The van der Waals surface area contributed by atoms with Gasteiger partial charge in [-0.2, -0.15) is 0 Å². The van der Waals surface area contributed by atoms with Crippen LogP contribution in [0, 0.1) is 0 Å². The number of aromatic nitrogens is 1. The second-order valence-corrected chi connectivity index (χ2v) is 8.59. The van der Waals surface area contributed by atoms with Crippen molar-refractivity contribution in [1.82, 2.24) is 4.98 Å². The topological polar surface area (TPSA) is 62.3 Å². The number of halogens is 2. The SMILES string of the molecule is O=C1Nc2cccnc2N(C(=O)Cc2ccc(CCCCBr)cc2)c2ccc(Cl)cc21. The van der Waals surface area contributed by atoms with Crippen molar-refractivity contribution in [3.63, 3.8) is 0 Å². The van der Waals surface area contributed by atoms with Gasteiger partial charge in [0.2, 0.25) is 5.91 Å². The minimum Gasteiger partial charge on any atom is -0.319 e. The molecule has 2 heterocycles. The van der Waals surface area contributed by atoms with E-state index in [2.05, 4.69) is 38.4 Å². The number of hydrogen-bond donors (Lipinski definition) is 1. The molecule has 1 aromatic heterocycles. The predicted molar refractivity (Wildman–Crippen MR) is 128 cm³/mol. The lowest BCUT2D eigenvalue weighted by molar-refractivity contribution is -0.117. The molecule has 3 aromatic rings. The standard InChI is InChI=1S/C24H21BrClN3O2/c25-12-2-1-4-16-6-8-17(9-7-16)14-22(30)29-21-11-10-18(26)15-19(21)24(31)28-20-5-3-13-27-23(20)29/h3,5-11,13,15H,1-2,4,12,14H2,(H,28,31). The zero-order valence-electron chi connectivity index (χ0n) is 16.8. The third kappa shape index (κ3) is 4.81. The third-order valence-corrected chi connectivity index (χ3v) is 5.96. The van der Waals surface area contributed by atoms with Crippen LogP contribution in [0.25, 0.3) is 0 Å². The third-order valence-electron chi connectivity index (χ3n) is 5.17. The number of hydrogen-bond acceptors (Lipinski definition) is 3. The van der Waals surface area contributed by atoms with Gasteiger partial charge in [-0.25, -0.2) is 4.98 Å². The molecular weight excluding hydrogens is 478 g/mol. The van der Waals surface area contributed by atoms with E-state index in [9.17, 15) is 9.59 Å². The van der Waals surface area contributed by atoms with Gasteiger partial charge in [0.1, 0.15) is 0 Å². The molecule has 4 rings (SSSR count). The average molecular weight is 499 g/mol. The van der Waals surface area contributed by atoms with E-state index in [1.54, 1.807) is 36.5 Å². The average Bonchev–Trinajstić information content (AvgIpc) is 2.89. The Balaban J connectivity index is 1.64. The Morgan fingerprint density at radius 1 is 1.06 bits per heavy atom. The van der Waals surface area contributed by atoms with Gasteiger partial charge in [0.25, 0.3) is 5.91 Å². The van der Waals surface area contributed by atoms with Crippen LogP contribution in [-0.4, -0.2) is 22.1 Å². The highest BCUT2D eigenvalue weighted by Gasteiger charge is 2.30. The molecule has 0 fully saturated rings. The molecule has 158 valence electrons. The number of carbonyl (C=O) groups is 2. The predicted octanol–water partition coefficient (Wildman–Crippen LogP) is 5.93. The Morgan fingerprint density at radius 2 is 1.84 bits per heavy atom. The molecule has 7 heteroatoms. The summed E-state index contributed by atoms with van der Waals surface area (Å²) in [6, 6.07) is 16.5. The van der Waals surface area contributed by atoms with Crippen molar-refractivity contribution in [2.75, 3.05) is 15.5 Å². The quantitative estimate of drug-likeness (QED) is 0.339. The van der Waals surface area contributed by atoms with Crippen molar-refractivity contribution in [2.24, 2.45) is 0 Å². The van der Waals surface area contributed by atoms with Gasteiger partial charge in [-0.15, -0.1) is 0 Å². The number of carbonyl (C=O) groups excluding carboxylic acids is 2. The fourth-order valence-corrected chi connectivity index (χ4v) is 4.18. The highest BCUT2D eigenvalue weighted by molar-refractivity contribution is 9.09. The molecule has 2 aromatic carbocycles. The summed E-state index contributed by atoms with van der Waals surface area (Å²) in [5.41, 5.74) is 3.45. The van der Waals surface area contributed by atoms with Crippen molar-refractivity contribution in [3.05, 3.63) is 82.5 Å². The number of anilines is 3. The maximum absolute atomic E-state index is 13.4. The Hall–Kier alpha value is -2.70. The summed E-state index contributed by atoms with van der Waals surface area (Å²) >= 11 is 9.58. The number of unbranched alkanes of at least 4 members (excludes halogenated alkanes) is 1. The molecule has 1 N–H and O–H groups in total. The molecule has 0 bridgehead atoms. The first-order valence-electron chi connectivity index (χ1n) is 10.1. The Morgan fingerprint density at radius 3 is 2.61 bits per heavy atom. The Labute approximate surface area is 194 Å². The summed E-state index contributed by atoms with van der Waals surface area (Å²) in [6.07, 6.45) is 5.07. The number of benzene rings is 2. The molecular formula is C24H21BrClN3O2. The van der Waals surface area contributed by atoms with E-state index in [4.69, 9.17) is 11.6 Å². The molecule has 5 nitrogen and oxygen atoms in total. The van der Waals surface area contributed by atoms with Crippen LogP contribution in [0.4, 0.5) is 17.2 Å². The first-order chi connectivity index (χ1) is 15.1. The number of nitrogens with one attached hydrogen (secondary N) is 1. The van der Waals surface area contributed by atoms with Crippen LogP contribution in [0.3, 0.4) is 0 Å². The molecule has 0 unspecified atom stereocenters. The zero-order valence-corrected chi connectivity index (χ0v) is 19.1. The van der Waals surface area contributed by atoms with Crippen LogP contribution in [-0.2, 0) is 17.6 Å². The smallest absolute Gasteiger partial charge is 0.257 e. The fraction of sp³-hybridized carbons (Fsp3) is 0.208. The Bertz CT molecular complexity index is 1120. The second-order valence-electron chi connectivity index (χ2n) is 7.36. The highest BCUT2D eigenvalue weighted by Crippen LogP contribution is 2.37. The summed E-state index contributed by atoms with van der Waals surface area (Å²) in [5, 5.41) is 4.26. The summed E-state index contributed by atoms with van der Waals surface area (Å²) in [6.45, 7) is 0. The minimum atomic E-state index is -0.324. The molecule has 0 atom stereocenters. The number of amides is 2. The lowest BCUT2D eigenvalue weighted by atomic mass is 10.0. The van der Waals surface area contributed by atoms with E-state index < -0.39 is 0 Å². The molecule has 31 heavy (non-hydrogen) atoms. The number of aryl methyl sites for hydroxylation is 1. The van der Waals surface area contributed by atoms with E-state index in [-0.39, 0.29) is 18.2 Å². The van der Waals surface area contributed by atoms with Crippen LogP contribution in [0.1, 0.15) is 34.3 Å². The first-order valence-corrected chi connectivity index (χ1v) is 11.6. The maximum Gasteiger partial charge on any atom is 0.257 e. The van der Waals surface area contributed by atoms with E-state index in [1.807, 2.05) is 12.1 Å². The summed E-state index contributed by atoms with van der Waals surface area (Å²) in [4.78, 5) is 32.1. The van der Waals surface area contributed by atoms with E-state index in [0.717, 1.165) is 30.2 Å². The molecule has 1 aliphatic heterocycles. The van der Waals surface area contributed by atoms with Gasteiger partial charge in [0.05, 0.1) is 23.4 Å². The molecule has 2 amide bonds. The monoisotopic (exact) mass is 497 g/mol. The van der Waals surface area contributed by atoms with Gasteiger partial charge in [0, 0.05) is 16.5 Å². The number of alkyl halides is 1. The van der Waals surface area contributed by atoms with E-state index in [0.29, 0.717) is 27.8 Å². The molecule has 0 aliphatic carbocycles. The molecule has 1 aliphatic rings. The van der Waals surface area contributed by atoms with Crippen molar-refractivity contribution in [1.29, 1.82) is 0 Å². The lowest BCUT2D eigenvalue weighted by Gasteiger charge is -2.23. The van der Waals surface area contributed by atoms with E-state index in [1.165, 1.54) is 10.5 Å². The number of pyridine rings is 1. The Kier molecular flexibility index (Phi) is 6.68. The largest absolute Gasteiger partial charge is 0.319 e. The van der Waals surface area contributed by atoms with Crippen molar-refractivity contribution >= 4 is 56.5 Å². The first kappa shape index (κ1) is 21.5. The van der Waals surface area contributed by atoms with Crippen LogP contribution in [0.2, 0.25) is 5.02 Å². The molecule has 0 saturated carbocycles. The molecule has 0 saturated heterocycles. The van der Waals surface area contributed by atoms with Gasteiger partial charge in [-0.05, 0) is 60.7 Å². The van der Waals surface area contributed by atoms with Gasteiger partial charge in [0.15, 0.2) is 5.82 Å². The van der Waals surface area contributed by atoms with Crippen molar-refractivity contribution in [2.45, 2.75) is 25.7 Å². The molecule has 0 radical (unpaired) electrons. The van der Waals surface area contributed by atoms with Crippen molar-refractivity contribution in [3.8, 4) is 0 Å². The van der Waals surface area contributed by atoms with Gasteiger partial charge >= 0.3 is 0 Å². The van der Waals surface area contributed by atoms with Crippen LogP contribution in [0.5, 0.6) is 0 Å².